The molecule has 7 heteroatoms. The Morgan fingerprint density at radius 1 is 1.56 bits per heavy atom. The van der Waals surface area contributed by atoms with Crippen LogP contribution in [0.3, 0.4) is 0 Å². The fourth-order valence-electron chi connectivity index (χ4n) is 1.32. The van der Waals surface area contributed by atoms with Crippen LogP contribution in [0.15, 0.2) is 22.2 Å². The molecule has 0 aliphatic rings. The number of esters is 1. The van der Waals surface area contributed by atoms with E-state index in [9.17, 15) is 9.59 Å². The molecular weight excluding hydrogens is 278 g/mol. The number of rotatable bonds is 4. The van der Waals surface area contributed by atoms with Gasteiger partial charge in [-0.2, -0.15) is 0 Å². The molecule has 0 aromatic carbocycles. The third-order valence-corrected chi connectivity index (χ3v) is 3.45. The Balaban J connectivity index is 2.35. The highest BCUT2D eigenvalue weighted by molar-refractivity contribution is 7.13. The Kier molecular flexibility index (Phi) is 3.78. The van der Waals surface area contributed by atoms with E-state index in [1.807, 2.05) is 0 Å². The van der Waals surface area contributed by atoms with Gasteiger partial charge in [-0.15, -0.1) is 11.3 Å². The maximum absolute atomic E-state index is 12.1. The van der Waals surface area contributed by atoms with Gasteiger partial charge in [-0.1, -0.05) is 16.8 Å². The molecular formula is C11H8ClNO4S. The molecule has 0 N–H and O–H groups in total. The molecule has 0 bridgehead atoms. The molecule has 94 valence electrons. The summed E-state index contributed by atoms with van der Waals surface area (Å²) in [5.41, 5.74) is -0.0795. The summed E-state index contributed by atoms with van der Waals surface area (Å²) in [6, 6.07) is 1.61. The van der Waals surface area contributed by atoms with Crippen molar-refractivity contribution in [2.45, 2.75) is 6.92 Å². The van der Waals surface area contributed by atoms with Gasteiger partial charge < -0.3 is 9.26 Å². The smallest absolute Gasteiger partial charge is 0.361 e. The topological polar surface area (TPSA) is 69.4 Å². The Hall–Kier alpha value is -1.66. The van der Waals surface area contributed by atoms with Gasteiger partial charge in [0.15, 0.2) is 0 Å². The lowest BCUT2D eigenvalue weighted by Crippen LogP contribution is -2.11. The molecule has 0 atom stereocenters. The first kappa shape index (κ1) is 12.8. The number of ketones is 1. The lowest BCUT2D eigenvalue weighted by molar-refractivity contribution is 0.0512. The van der Waals surface area contributed by atoms with Gasteiger partial charge in [-0.3, -0.25) is 4.79 Å². The van der Waals surface area contributed by atoms with E-state index in [1.165, 1.54) is 11.3 Å². The zero-order valence-corrected chi connectivity index (χ0v) is 10.9. The standard InChI is InChI=1S/C11H8ClNO4S/c1-2-16-11(15)8-6(5-17-13-8)9(14)10-7(12)3-4-18-10/h3-5H,2H2,1H3. The zero-order valence-electron chi connectivity index (χ0n) is 9.31. The van der Waals surface area contributed by atoms with E-state index in [4.69, 9.17) is 16.3 Å². The summed E-state index contributed by atoms with van der Waals surface area (Å²) in [7, 11) is 0. The SMILES string of the molecule is CCOC(=O)c1nocc1C(=O)c1sccc1Cl. The second-order valence-electron chi connectivity index (χ2n) is 3.22. The third-order valence-electron chi connectivity index (χ3n) is 2.11. The summed E-state index contributed by atoms with van der Waals surface area (Å²) in [4.78, 5) is 24.0. The molecule has 0 spiro atoms. The van der Waals surface area contributed by atoms with Crippen molar-refractivity contribution in [3.8, 4) is 0 Å². The minimum atomic E-state index is -0.692. The lowest BCUT2D eigenvalue weighted by Gasteiger charge is -1.99. The highest BCUT2D eigenvalue weighted by atomic mass is 35.5. The second-order valence-corrected chi connectivity index (χ2v) is 4.55. The molecule has 0 saturated heterocycles. The van der Waals surface area contributed by atoms with E-state index in [1.54, 1.807) is 18.4 Å². The summed E-state index contributed by atoms with van der Waals surface area (Å²) in [6.07, 6.45) is 1.12. The number of thiophene rings is 1. The van der Waals surface area contributed by atoms with Crippen LogP contribution in [0.2, 0.25) is 5.02 Å². The monoisotopic (exact) mass is 285 g/mol. The van der Waals surface area contributed by atoms with Gasteiger partial charge in [0.05, 0.1) is 22.1 Å². The fraction of sp³-hybridized carbons (Fsp3) is 0.182. The molecule has 2 heterocycles. The van der Waals surface area contributed by atoms with Gasteiger partial charge in [-0.25, -0.2) is 4.79 Å². The number of nitrogens with zero attached hydrogens (tertiary/aromatic N) is 1. The number of carbonyl (C=O) groups is 2. The maximum Gasteiger partial charge on any atom is 0.361 e. The van der Waals surface area contributed by atoms with Crippen LogP contribution >= 0.6 is 22.9 Å². The van der Waals surface area contributed by atoms with Crippen molar-refractivity contribution in [3.05, 3.63) is 38.9 Å². The Bertz CT molecular complexity index is 589. The van der Waals surface area contributed by atoms with Crippen molar-refractivity contribution >= 4 is 34.7 Å². The fourth-order valence-corrected chi connectivity index (χ4v) is 2.42. The van der Waals surface area contributed by atoms with Crippen molar-refractivity contribution < 1.29 is 18.8 Å². The predicted octanol–water partition coefficient (Wildman–Crippen LogP) is 2.80. The number of hydrogen-bond donors (Lipinski definition) is 0. The summed E-state index contributed by atoms with van der Waals surface area (Å²) in [5.74, 6) is -1.10. The summed E-state index contributed by atoms with van der Waals surface area (Å²) >= 11 is 7.05. The maximum atomic E-state index is 12.1. The normalized spacial score (nSPS) is 10.3. The van der Waals surface area contributed by atoms with Crippen LogP contribution in [0.25, 0.3) is 0 Å². The van der Waals surface area contributed by atoms with Gasteiger partial charge in [0.25, 0.3) is 0 Å². The third kappa shape index (κ3) is 2.30. The average molecular weight is 286 g/mol. The minimum absolute atomic E-state index is 0.0535. The van der Waals surface area contributed by atoms with Crippen molar-refractivity contribution in [3.63, 3.8) is 0 Å². The van der Waals surface area contributed by atoms with Crippen molar-refractivity contribution in [2.75, 3.05) is 6.61 Å². The quantitative estimate of drug-likeness (QED) is 0.638. The number of aromatic nitrogens is 1. The summed E-state index contributed by atoms with van der Waals surface area (Å²) < 4.78 is 9.44. The Morgan fingerprint density at radius 3 is 2.94 bits per heavy atom. The first-order valence-corrected chi connectivity index (χ1v) is 6.30. The van der Waals surface area contributed by atoms with E-state index in [-0.39, 0.29) is 17.9 Å². The van der Waals surface area contributed by atoms with Crippen LogP contribution in [0.4, 0.5) is 0 Å². The second kappa shape index (κ2) is 5.32. The highest BCUT2D eigenvalue weighted by Gasteiger charge is 2.25. The average Bonchev–Trinajstić information content (AvgIpc) is 2.96. The molecule has 0 aliphatic carbocycles. The molecule has 0 radical (unpaired) electrons. The van der Waals surface area contributed by atoms with Crippen LogP contribution in [0, 0.1) is 0 Å². The molecule has 18 heavy (non-hydrogen) atoms. The van der Waals surface area contributed by atoms with Crippen molar-refractivity contribution in [2.24, 2.45) is 0 Å². The van der Waals surface area contributed by atoms with Gasteiger partial charge in [0.2, 0.25) is 11.5 Å². The zero-order chi connectivity index (χ0) is 13.1. The molecule has 0 unspecified atom stereocenters. The van der Waals surface area contributed by atoms with Crippen LogP contribution in [0.1, 0.15) is 32.6 Å². The Labute approximate surface area is 111 Å². The summed E-state index contributed by atoms with van der Waals surface area (Å²) in [5, 5.41) is 5.51. The molecule has 5 nitrogen and oxygen atoms in total. The van der Waals surface area contributed by atoms with Crippen LogP contribution in [-0.2, 0) is 4.74 Å². The first-order valence-electron chi connectivity index (χ1n) is 5.04. The number of hydrogen-bond acceptors (Lipinski definition) is 6. The van der Waals surface area contributed by atoms with Gasteiger partial charge >= 0.3 is 5.97 Å². The van der Waals surface area contributed by atoms with E-state index >= 15 is 0 Å². The summed E-state index contributed by atoms with van der Waals surface area (Å²) in [6.45, 7) is 1.86. The molecule has 0 saturated carbocycles. The Morgan fingerprint density at radius 2 is 2.33 bits per heavy atom. The molecule has 0 amide bonds. The molecule has 0 fully saturated rings. The minimum Gasteiger partial charge on any atom is -0.461 e. The van der Waals surface area contributed by atoms with E-state index in [0.717, 1.165) is 6.26 Å². The predicted molar refractivity (Wildman–Crippen MR) is 65.2 cm³/mol. The van der Waals surface area contributed by atoms with Crippen LogP contribution in [0.5, 0.6) is 0 Å². The molecule has 0 aliphatic heterocycles. The van der Waals surface area contributed by atoms with E-state index < -0.39 is 11.8 Å². The molecule has 2 aromatic rings. The van der Waals surface area contributed by atoms with Crippen LogP contribution < -0.4 is 0 Å². The number of carbonyl (C=O) groups excluding carboxylic acids is 2. The molecule has 2 aromatic heterocycles. The number of ether oxygens (including phenoxy) is 1. The van der Waals surface area contributed by atoms with E-state index in [0.29, 0.717) is 9.90 Å². The van der Waals surface area contributed by atoms with Gasteiger partial charge in [0, 0.05) is 0 Å². The molecule has 2 rings (SSSR count). The largest absolute Gasteiger partial charge is 0.461 e. The lowest BCUT2D eigenvalue weighted by atomic mass is 10.1. The van der Waals surface area contributed by atoms with Gasteiger partial charge in [0.1, 0.15) is 6.26 Å². The van der Waals surface area contributed by atoms with Crippen LogP contribution in [-0.4, -0.2) is 23.5 Å². The highest BCUT2D eigenvalue weighted by Crippen LogP contribution is 2.26. The van der Waals surface area contributed by atoms with Gasteiger partial charge in [-0.05, 0) is 18.4 Å². The first-order chi connectivity index (χ1) is 8.65. The number of halogens is 1. The van der Waals surface area contributed by atoms with Crippen molar-refractivity contribution in [1.29, 1.82) is 0 Å². The van der Waals surface area contributed by atoms with E-state index in [2.05, 4.69) is 9.68 Å². The van der Waals surface area contributed by atoms with Crippen molar-refractivity contribution in [1.82, 2.24) is 5.16 Å².